The predicted octanol–water partition coefficient (Wildman–Crippen LogP) is 2.44. The summed E-state index contributed by atoms with van der Waals surface area (Å²) in [6.07, 6.45) is 9.70. The summed E-state index contributed by atoms with van der Waals surface area (Å²) >= 11 is 0. The van der Waals surface area contributed by atoms with E-state index in [4.69, 9.17) is 0 Å². The molecule has 122 valence electrons. The van der Waals surface area contributed by atoms with E-state index < -0.39 is 0 Å². The molecule has 1 unspecified atom stereocenters. The quantitative estimate of drug-likeness (QED) is 0.768. The fourth-order valence-corrected chi connectivity index (χ4v) is 3.65. The van der Waals surface area contributed by atoms with Gasteiger partial charge < -0.3 is 10.1 Å². The van der Waals surface area contributed by atoms with Crippen molar-refractivity contribution in [2.24, 2.45) is 5.92 Å². The first-order valence-corrected chi connectivity index (χ1v) is 8.14. The Bertz CT molecular complexity index is 892. The van der Waals surface area contributed by atoms with Crippen molar-refractivity contribution in [1.82, 2.24) is 24.7 Å². The number of aromatic amines is 1. The number of aromatic nitrogens is 5. The number of rotatable bonds is 4. The van der Waals surface area contributed by atoms with E-state index in [9.17, 15) is 10.4 Å². The minimum atomic E-state index is -0.257. The Labute approximate surface area is 139 Å². The van der Waals surface area contributed by atoms with Crippen LogP contribution in [0.15, 0.2) is 31.0 Å². The highest BCUT2D eigenvalue weighted by atomic mass is 16.3. The average molecular weight is 322 g/mol. The van der Waals surface area contributed by atoms with Gasteiger partial charge >= 0.3 is 0 Å². The van der Waals surface area contributed by atoms with Crippen LogP contribution in [-0.4, -0.2) is 35.9 Å². The van der Waals surface area contributed by atoms with Crippen LogP contribution in [0.25, 0.3) is 22.3 Å². The van der Waals surface area contributed by atoms with Crippen LogP contribution in [0, 0.1) is 17.2 Å². The highest BCUT2D eigenvalue weighted by Gasteiger charge is 2.31. The number of nitrogens with zero attached hydrogens (tertiary/aromatic N) is 5. The van der Waals surface area contributed by atoms with Crippen molar-refractivity contribution < 1.29 is 5.11 Å². The number of aliphatic hydroxyl groups excluding tert-OH is 1. The first-order chi connectivity index (χ1) is 11.8. The lowest BCUT2D eigenvalue weighted by atomic mass is 9.96. The molecular formula is C17H18N6O. The molecular weight excluding hydrogens is 304 g/mol. The number of H-pyrrole nitrogens is 1. The van der Waals surface area contributed by atoms with E-state index in [1.54, 1.807) is 6.20 Å². The van der Waals surface area contributed by atoms with Gasteiger partial charge in [0.25, 0.3) is 0 Å². The molecule has 0 bridgehead atoms. The second kappa shape index (κ2) is 6.06. The van der Waals surface area contributed by atoms with Crippen LogP contribution in [0.3, 0.4) is 0 Å². The highest BCUT2D eigenvalue weighted by Crippen LogP contribution is 2.36. The Kier molecular flexibility index (Phi) is 3.75. The molecule has 0 saturated heterocycles. The topological polar surface area (TPSA) is 103 Å². The lowest BCUT2D eigenvalue weighted by molar-refractivity contribution is 0.170. The van der Waals surface area contributed by atoms with Crippen LogP contribution in [0.2, 0.25) is 0 Å². The fraction of sp³-hybridized carbons (Fsp3) is 0.412. The molecule has 7 nitrogen and oxygen atoms in total. The molecule has 0 aliphatic heterocycles. The molecule has 1 aliphatic rings. The van der Waals surface area contributed by atoms with E-state index in [1.165, 1.54) is 6.33 Å². The van der Waals surface area contributed by atoms with E-state index in [0.717, 1.165) is 41.6 Å². The second-order valence-electron chi connectivity index (χ2n) is 6.33. The van der Waals surface area contributed by atoms with Gasteiger partial charge in [-0.3, -0.25) is 4.68 Å². The molecule has 7 heteroatoms. The fourth-order valence-electron chi connectivity index (χ4n) is 3.65. The van der Waals surface area contributed by atoms with Crippen LogP contribution in [0.4, 0.5) is 0 Å². The van der Waals surface area contributed by atoms with E-state index in [0.29, 0.717) is 6.42 Å². The number of hydrogen-bond acceptors (Lipinski definition) is 5. The van der Waals surface area contributed by atoms with Gasteiger partial charge in [-0.2, -0.15) is 10.4 Å². The number of hydrogen-bond donors (Lipinski definition) is 2. The van der Waals surface area contributed by atoms with Gasteiger partial charge in [0, 0.05) is 23.3 Å². The minimum Gasteiger partial charge on any atom is -0.393 e. The van der Waals surface area contributed by atoms with Gasteiger partial charge in [-0.05, 0) is 31.2 Å². The summed E-state index contributed by atoms with van der Waals surface area (Å²) in [7, 11) is 0. The maximum absolute atomic E-state index is 9.81. The molecule has 2 N–H and O–H groups in total. The zero-order chi connectivity index (χ0) is 16.5. The maximum atomic E-state index is 9.81. The summed E-state index contributed by atoms with van der Waals surface area (Å²) in [6.45, 7) is 0. The first-order valence-electron chi connectivity index (χ1n) is 8.14. The van der Waals surface area contributed by atoms with Gasteiger partial charge in [0.05, 0.1) is 36.5 Å². The standard InChI is InChI=1S/C17H18N6O/c18-5-3-15(11-1-2-13(24)7-11)23-9-12(8-22-23)16-14-4-6-19-17(14)21-10-20-16/h4,6,8-11,13,15,24H,1-3,7H2,(H,19,20,21)/t11-,13+,15?/m0/s1. The van der Waals surface area contributed by atoms with Gasteiger partial charge in [0.15, 0.2) is 0 Å². The van der Waals surface area contributed by atoms with Gasteiger partial charge in [-0.1, -0.05) is 0 Å². The third-order valence-corrected chi connectivity index (χ3v) is 4.86. The third kappa shape index (κ3) is 2.55. The largest absolute Gasteiger partial charge is 0.393 e. The molecule has 1 saturated carbocycles. The lowest BCUT2D eigenvalue weighted by Gasteiger charge is -2.21. The third-order valence-electron chi connectivity index (χ3n) is 4.86. The van der Waals surface area contributed by atoms with Crippen molar-refractivity contribution in [1.29, 1.82) is 5.26 Å². The molecule has 3 aromatic heterocycles. The lowest BCUT2D eigenvalue weighted by Crippen LogP contribution is -2.18. The molecule has 3 aromatic rings. The van der Waals surface area contributed by atoms with Gasteiger partial charge in [-0.25, -0.2) is 9.97 Å². The normalized spacial score (nSPS) is 21.8. The molecule has 24 heavy (non-hydrogen) atoms. The summed E-state index contributed by atoms with van der Waals surface area (Å²) in [5.74, 6) is 0.282. The Morgan fingerprint density at radius 3 is 3.12 bits per heavy atom. The zero-order valence-electron chi connectivity index (χ0n) is 13.1. The number of aliphatic hydroxyl groups is 1. The van der Waals surface area contributed by atoms with Gasteiger partial charge in [0.1, 0.15) is 12.0 Å². The van der Waals surface area contributed by atoms with Crippen LogP contribution >= 0.6 is 0 Å². The number of fused-ring (bicyclic) bond motifs is 1. The van der Waals surface area contributed by atoms with Crippen LogP contribution in [0.1, 0.15) is 31.7 Å². The molecule has 4 rings (SSSR count). The Hall–Kier alpha value is -2.72. The van der Waals surface area contributed by atoms with Crippen molar-refractivity contribution in [2.45, 2.75) is 37.8 Å². The van der Waals surface area contributed by atoms with E-state index in [2.05, 4.69) is 26.1 Å². The molecule has 0 amide bonds. The summed E-state index contributed by atoms with van der Waals surface area (Å²) in [4.78, 5) is 11.7. The monoisotopic (exact) mass is 322 g/mol. The van der Waals surface area contributed by atoms with Crippen molar-refractivity contribution in [3.05, 3.63) is 31.0 Å². The van der Waals surface area contributed by atoms with E-state index in [-0.39, 0.29) is 18.1 Å². The van der Waals surface area contributed by atoms with Gasteiger partial charge in [-0.15, -0.1) is 0 Å². The van der Waals surface area contributed by atoms with E-state index in [1.807, 2.05) is 23.1 Å². The Morgan fingerprint density at radius 2 is 2.33 bits per heavy atom. The molecule has 0 aromatic carbocycles. The SMILES string of the molecule is N#CCC([C@H]1CC[C@@H](O)C1)n1cc(-c2ncnc3[nH]ccc23)cn1. The van der Waals surface area contributed by atoms with E-state index >= 15 is 0 Å². The average Bonchev–Trinajstić information content (AvgIpc) is 3.32. The molecule has 3 atom stereocenters. The summed E-state index contributed by atoms with van der Waals surface area (Å²) in [6, 6.07) is 4.20. The van der Waals surface area contributed by atoms with Crippen molar-refractivity contribution in [3.8, 4) is 17.3 Å². The molecule has 0 spiro atoms. The molecule has 0 radical (unpaired) electrons. The highest BCUT2D eigenvalue weighted by molar-refractivity contribution is 5.89. The molecule has 1 aliphatic carbocycles. The van der Waals surface area contributed by atoms with Crippen molar-refractivity contribution >= 4 is 11.0 Å². The zero-order valence-corrected chi connectivity index (χ0v) is 13.1. The van der Waals surface area contributed by atoms with Crippen molar-refractivity contribution in [2.75, 3.05) is 0 Å². The Balaban J connectivity index is 1.68. The maximum Gasteiger partial charge on any atom is 0.141 e. The molecule has 1 fully saturated rings. The molecule has 3 heterocycles. The van der Waals surface area contributed by atoms with Crippen molar-refractivity contribution in [3.63, 3.8) is 0 Å². The summed E-state index contributed by atoms with van der Waals surface area (Å²) in [5.41, 5.74) is 2.53. The van der Waals surface area contributed by atoms with Crippen LogP contribution < -0.4 is 0 Å². The minimum absolute atomic E-state index is 0.00977. The Morgan fingerprint density at radius 1 is 1.42 bits per heavy atom. The smallest absolute Gasteiger partial charge is 0.141 e. The summed E-state index contributed by atoms with van der Waals surface area (Å²) in [5, 5.41) is 24.4. The predicted molar refractivity (Wildman–Crippen MR) is 87.7 cm³/mol. The van der Waals surface area contributed by atoms with Crippen LogP contribution in [-0.2, 0) is 0 Å². The summed E-state index contributed by atoms with van der Waals surface area (Å²) < 4.78 is 1.86. The van der Waals surface area contributed by atoms with Crippen LogP contribution in [0.5, 0.6) is 0 Å². The number of nitrogens with one attached hydrogen (secondary N) is 1. The van der Waals surface area contributed by atoms with Gasteiger partial charge in [0.2, 0.25) is 0 Å². The number of nitriles is 1. The first kappa shape index (κ1) is 14.8. The second-order valence-corrected chi connectivity index (χ2v) is 6.33.